The summed E-state index contributed by atoms with van der Waals surface area (Å²) in [6.45, 7) is 1.15. The van der Waals surface area contributed by atoms with Crippen LogP contribution in [-0.4, -0.2) is 64.8 Å². The van der Waals surface area contributed by atoms with Crippen LogP contribution in [0.3, 0.4) is 0 Å². The van der Waals surface area contributed by atoms with Gasteiger partial charge in [0.05, 0.1) is 36.5 Å². The highest BCUT2D eigenvalue weighted by atomic mass is 32.1. The summed E-state index contributed by atoms with van der Waals surface area (Å²) in [4.78, 5) is 25.9. The normalized spacial score (nSPS) is 15.5. The first-order valence-electron chi connectivity index (χ1n) is 10.9. The van der Waals surface area contributed by atoms with Crippen molar-refractivity contribution in [1.29, 1.82) is 0 Å². The number of aryl methyl sites for hydroxylation is 1. The van der Waals surface area contributed by atoms with E-state index in [1.54, 1.807) is 47.5 Å². The minimum atomic E-state index is -0.0128. The molecule has 9 nitrogen and oxygen atoms in total. The zero-order chi connectivity index (χ0) is 22.9. The topological polar surface area (TPSA) is 93.9 Å². The predicted octanol–water partition coefficient (Wildman–Crippen LogP) is 3.30. The Morgan fingerprint density at radius 3 is 3.06 bits per heavy atom. The number of carbonyl (C=O) groups is 1. The minimum Gasteiger partial charge on any atom is -0.493 e. The molecule has 1 aliphatic carbocycles. The standard InChI is InChI=1S/C23H26N6O3S/c1-28(8-9-31-2)23(30)14-4-5-16-19(10-14)33-22-20(16)21(24-13-25-22)27-17-11-15-6-7-26-29(15)12-18(17)32-3/h6-7,11-14H,4-5,8-10H2,1-3H3,(H,24,25,27). The first kappa shape index (κ1) is 21.6. The van der Waals surface area contributed by atoms with Crippen molar-refractivity contribution in [3.63, 3.8) is 0 Å². The lowest BCUT2D eigenvalue weighted by Crippen LogP contribution is -2.37. The number of nitrogens with zero attached hydrogens (tertiary/aromatic N) is 5. The molecule has 4 aromatic rings. The van der Waals surface area contributed by atoms with Gasteiger partial charge in [-0.25, -0.2) is 14.5 Å². The third-order valence-electron chi connectivity index (χ3n) is 6.17. The number of carbonyl (C=O) groups excluding carboxylic acids is 1. The van der Waals surface area contributed by atoms with Crippen LogP contribution in [0.25, 0.3) is 15.7 Å². The third kappa shape index (κ3) is 4.00. The van der Waals surface area contributed by atoms with Gasteiger partial charge in [-0.05, 0) is 37.0 Å². The number of hydrogen-bond acceptors (Lipinski definition) is 8. The van der Waals surface area contributed by atoms with Crippen LogP contribution in [0.2, 0.25) is 0 Å². The number of ether oxygens (including phenoxy) is 2. The van der Waals surface area contributed by atoms with E-state index in [1.165, 1.54) is 10.4 Å². The molecule has 1 N–H and O–H groups in total. The number of amides is 1. The number of thiophene rings is 1. The van der Waals surface area contributed by atoms with Gasteiger partial charge >= 0.3 is 0 Å². The molecule has 1 unspecified atom stereocenters. The van der Waals surface area contributed by atoms with Crippen LogP contribution in [0.15, 0.2) is 30.9 Å². The zero-order valence-corrected chi connectivity index (χ0v) is 19.7. The largest absolute Gasteiger partial charge is 0.493 e. The van der Waals surface area contributed by atoms with E-state index in [9.17, 15) is 4.79 Å². The summed E-state index contributed by atoms with van der Waals surface area (Å²) in [5.41, 5.74) is 3.01. The number of rotatable bonds is 7. The number of aromatic nitrogens is 4. The molecule has 1 amide bonds. The van der Waals surface area contributed by atoms with Crippen LogP contribution in [0.4, 0.5) is 11.5 Å². The molecule has 0 saturated carbocycles. The average molecular weight is 467 g/mol. The van der Waals surface area contributed by atoms with E-state index in [0.29, 0.717) is 18.9 Å². The fraction of sp³-hybridized carbons (Fsp3) is 0.391. The van der Waals surface area contributed by atoms with E-state index in [1.807, 2.05) is 25.4 Å². The molecule has 33 heavy (non-hydrogen) atoms. The highest BCUT2D eigenvalue weighted by Gasteiger charge is 2.30. The number of methoxy groups -OCH3 is 2. The monoisotopic (exact) mass is 466 g/mol. The van der Waals surface area contributed by atoms with E-state index in [0.717, 1.165) is 46.5 Å². The van der Waals surface area contributed by atoms with Gasteiger partial charge in [0.25, 0.3) is 0 Å². The van der Waals surface area contributed by atoms with Gasteiger partial charge in [0.15, 0.2) is 5.75 Å². The molecule has 0 aliphatic heterocycles. The van der Waals surface area contributed by atoms with Gasteiger partial charge in [0, 0.05) is 37.7 Å². The molecule has 4 heterocycles. The maximum atomic E-state index is 12.9. The van der Waals surface area contributed by atoms with E-state index in [4.69, 9.17) is 9.47 Å². The second kappa shape index (κ2) is 8.95. The Labute approximate surface area is 195 Å². The van der Waals surface area contributed by atoms with E-state index >= 15 is 0 Å². The molecule has 1 aliphatic rings. The molecule has 10 heteroatoms. The molecule has 4 aromatic heterocycles. The smallest absolute Gasteiger partial charge is 0.225 e. The fourth-order valence-electron chi connectivity index (χ4n) is 4.40. The lowest BCUT2D eigenvalue weighted by atomic mass is 9.87. The number of fused-ring (bicyclic) bond motifs is 4. The average Bonchev–Trinajstić information content (AvgIpc) is 3.45. The van der Waals surface area contributed by atoms with Crippen LogP contribution in [0.5, 0.6) is 5.75 Å². The van der Waals surface area contributed by atoms with Crippen molar-refractivity contribution >= 4 is 44.5 Å². The summed E-state index contributed by atoms with van der Waals surface area (Å²) >= 11 is 1.66. The summed E-state index contributed by atoms with van der Waals surface area (Å²) in [5.74, 6) is 1.59. The molecular weight excluding hydrogens is 440 g/mol. The van der Waals surface area contributed by atoms with Crippen molar-refractivity contribution < 1.29 is 14.3 Å². The first-order chi connectivity index (χ1) is 16.1. The molecule has 0 bridgehead atoms. The Morgan fingerprint density at radius 1 is 1.36 bits per heavy atom. The number of hydrogen-bond donors (Lipinski definition) is 1. The Kier molecular flexibility index (Phi) is 5.86. The lowest BCUT2D eigenvalue weighted by Gasteiger charge is -2.26. The van der Waals surface area contributed by atoms with Crippen molar-refractivity contribution in [2.45, 2.75) is 19.3 Å². The number of nitrogens with one attached hydrogen (secondary N) is 1. The Morgan fingerprint density at radius 2 is 2.24 bits per heavy atom. The maximum absolute atomic E-state index is 12.9. The van der Waals surface area contributed by atoms with Gasteiger partial charge < -0.3 is 19.7 Å². The summed E-state index contributed by atoms with van der Waals surface area (Å²) in [7, 11) is 5.14. The van der Waals surface area contributed by atoms with Gasteiger partial charge in [-0.2, -0.15) is 5.10 Å². The van der Waals surface area contributed by atoms with E-state index in [2.05, 4.69) is 20.4 Å². The van der Waals surface area contributed by atoms with Crippen molar-refractivity contribution in [3.05, 3.63) is 41.3 Å². The first-order valence-corrected chi connectivity index (χ1v) is 11.7. The predicted molar refractivity (Wildman–Crippen MR) is 127 cm³/mol. The quantitative estimate of drug-likeness (QED) is 0.447. The van der Waals surface area contributed by atoms with Gasteiger partial charge in [-0.1, -0.05) is 0 Å². The fourth-order valence-corrected chi connectivity index (χ4v) is 5.67. The maximum Gasteiger partial charge on any atom is 0.225 e. The van der Waals surface area contributed by atoms with Crippen LogP contribution < -0.4 is 10.1 Å². The van der Waals surface area contributed by atoms with Gasteiger partial charge in [-0.3, -0.25) is 4.79 Å². The molecule has 1 atom stereocenters. The molecule has 0 aromatic carbocycles. The molecule has 0 fully saturated rings. The Bertz CT molecular complexity index is 1320. The second-order valence-corrected chi connectivity index (χ2v) is 9.26. The molecule has 0 radical (unpaired) electrons. The Balaban J connectivity index is 1.45. The summed E-state index contributed by atoms with van der Waals surface area (Å²) in [5, 5.41) is 8.77. The van der Waals surface area contributed by atoms with Crippen LogP contribution in [0, 0.1) is 5.92 Å². The summed E-state index contributed by atoms with van der Waals surface area (Å²) in [6, 6.07) is 3.93. The minimum absolute atomic E-state index is 0.0128. The van der Waals surface area contributed by atoms with Gasteiger partial charge in [0.1, 0.15) is 17.0 Å². The van der Waals surface area contributed by atoms with Crippen LogP contribution in [-0.2, 0) is 22.4 Å². The van der Waals surface area contributed by atoms with Crippen molar-refractivity contribution in [2.75, 3.05) is 39.7 Å². The van der Waals surface area contributed by atoms with Crippen molar-refractivity contribution in [1.82, 2.24) is 24.5 Å². The van der Waals surface area contributed by atoms with E-state index in [-0.39, 0.29) is 11.8 Å². The second-order valence-electron chi connectivity index (χ2n) is 8.18. The highest BCUT2D eigenvalue weighted by molar-refractivity contribution is 7.19. The summed E-state index contributed by atoms with van der Waals surface area (Å²) in [6.07, 6.45) is 7.55. The molecular formula is C23H26N6O3S. The zero-order valence-electron chi connectivity index (χ0n) is 18.9. The molecule has 5 rings (SSSR count). The number of anilines is 2. The highest BCUT2D eigenvalue weighted by Crippen LogP contribution is 2.41. The van der Waals surface area contributed by atoms with Gasteiger partial charge in [0.2, 0.25) is 5.91 Å². The number of pyridine rings is 1. The third-order valence-corrected chi connectivity index (χ3v) is 7.34. The molecule has 172 valence electrons. The lowest BCUT2D eigenvalue weighted by molar-refractivity contribution is -0.135. The van der Waals surface area contributed by atoms with Gasteiger partial charge in [-0.15, -0.1) is 11.3 Å². The van der Waals surface area contributed by atoms with E-state index < -0.39 is 0 Å². The van der Waals surface area contributed by atoms with Crippen LogP contribution in [0.1, 0.15) is 16.9 Å². The summed E-state index contributed by atoms with van der Waals surface area (Å²) < 4.78 is 12.5. The Hall–Kier alpha value is -3.24. The molecule has 0 saturated heterocycles. The molecule has 0 spiro atoms. The van der Waals surface area contributed by atoms with Crippen molar-refractivity contribution in [3.8, 4) is 5.75 Å². The SMILES string of the molecule is COCCN(C)C(=O)C1CCc2c(sc3ncnc(Nc4cc5ccnn5cc4OC)c23)C1. The van der Waals surface area contributed by atoms with Crippen LogP contribution >= 0.6 is 11.3 Å². The van der Waals surface area contributed by atoms with Crippen molar-refractivity contribution in [2.24, 2.45) is 5.92 Å². The number of likely N-dealkylation sites (N-methyl/N-ethyl adjacent to an activating group) is 1.